The first kappa shape index (κ1) is 14.7. The van der Waals surface area contributed by atoms with E-state index in [1.54, 1.807) is 0 Å². The van der Waals surface area contributed by atoms with Gasteiger partial charge in [-0.25, -0.2) is 0 Å². The third-order valence-electron chi connectivity index (χ3n) is 3.11. The molecule has 8 nitrogen and oxygen atoms in total. The molecule has 0 amide bonds. The van der Waals surface area contributed by atoms with Gasteiger partial charge in [-0.05, 0) is 19.8 Å². The minimum Gasteiger partial charge on any atom is -0.396 e. The SMILES string of the molecule is CC(CCCO)Nc1nc(N)nc(N2CCOCC2)n1. The number of hydrogen-bond acceptors (Lipinski definition) is 8. The molecule has 0 bridgehead atoms. The van der Waals surface area contributed by atoms with Crippen molar-refractivity contribution < 1.29 is 9.84 Å². The second kappa shape index (κ2) is 7.20. The highest BCUT2D eigenvalue weighted by molar-refractivity contribution is 5.42. The summed E-state index contributed by atoms with van der Waals surface area (Å²) in [6.07, 6.45) is 1.58. The minimum absolute atomic E-state index is 0.168. The predicted molar refractivity (Wildman–Crippen MR) is 76.7 cm³/mol. The second-order valence-electron chi connectivity index (χ2n) is 4.83. The van der Waals surface area contributed by atoms with Gasteiger partial charge in [-0.2, -0.15) is 15.0 Å². The molecule has 0 radical (unpaired) electrons. The Morgan fingerprint density at radius 1 is 1.35 bits per heavy atom. The van der Waals surface area contributed by atoms with E-state index < -0.39 is 0 Å². The third kappa shape index (κ3) is 4.17. The minimum atomic E-state index is 0.168. The lowest BCUT2D eigenvalue weighted by Crippen LogP contribution is -2.37. The van der Waals surface area contributed by atoms with Crippen LogP contribution in [0, 0.1) is 0 Å². The lowest BCUT2D eigenvalue weighted by molar-refractivity contribution is 0.122. The van der Waals surface area contributed by atoms with Crippen LogP contribution in [0.15, 0.2) is 0 Å². The Morgan fingerprint density at radius 2 is 2.10 bits per heavy atom. The predicted octanol–water partition coefficient (Wildman–Crippen LogP) is -0.137. The summed E-state index contributed by atoms with van der Waals surface area (Å²) >= 11 is 0. The second-order valence-corrected chi connectivity index (χ2v) is 4.83. The molecule has 1 aliphatic heterocycles. The van der Waals surface area contributed by atoms with Gasteiger partial charge >= 0.3 is 0 Å². The van der Waals surface area contributed by atoms with Crippen molar-refractivity contribution in [1.82, 2.24) is 15.0 Å². The summed E-state index contributed by atoms with van der Waals surface area (Å²) in [6.45, 7) is 5.04. The van der Waals surface area contributed by atoms with E-state index in [-0.39, 0.29) is 18.6 Å². The molecule has 0 spiro atoms. The number of nitrogen functional groups attached to an aromatic ring is 1. The number of anilines is 3. The average molecular weight is 282 g/mol. The molecule has 4 N–H and O–H groups in total. The number of nitrogens with one attached hydrogen (secondary N) is 1. The molecule has 1 aromatic rings. The number of aliphatic hydroxyl groups excluding tert-OH is 1. The fourth-order valence-electron chi connectivity index (χ4n) is 2.04. The Bertz CT molecular complexity index is 424. The molecule has 2 rings (SSSR count). The van der Waals surface area contributed by atoms with Crippen LogP contribution in [0.3, 0.4) is 0 Å². The average Bonchev–Trinajstić information content (AvgIpc) is 2.45. The van der Waals surface area contributed by atoms with Crippen LogP contribution in [0.1, 0.15) is 19.8 Å². The molecule has 0 saturated carbocycles. The summed E-state index contributed by atoms with van der Waals surface area (Å²) in [5, 5.41) is 12.0. The number of nitrogens with two attached hydrogens (primary N) is 1. The van der Waals surface area contributed by atoms with Gasteiger partial charge in [0, 0.05) is 25.7 Å². The van der Waals surface area contributed by atoms with Crippen molar-refractivity contribution in [3.05, 3.63) is 0 Å². The third-order valence-corrected chi connectivity index (χ3v) is 3.11. The number of ether oxygens (including phenoxy) is 1. The fraction of sp³-hybridized carbons (Fsp3) is 0.750. The van der Waals surface area contributed by atoms with Crippen LogP contribution >= 0.6 is 0 Å². The topological polar surface area (TPSA) is 109 Å². The first-order valence-corrected chi connectivity index (χ1v) is 6.90. The number of aliphatic hydroxyl groups is 1. The van der Waals surface area contributed by atoms with E-state index in [1.165, 1.54) is 0 Å². The monoisotopic (exact) mass is 282 g/mol. The Hall–Kier alpha value is -1.67. The van der Waals surface area contributed by atoms with E-state index in [4.69, 9.17) is 15.6 Å². The summed E-state index contributed by atoms with van der Waals surface area (Å²) in [5.41, 5.74) is 5.74. The summed E-state index contributed by atoms with van der Waals surface area (Å²) in [4.78, 5) is 14.7. The Morgan fingerprint density at radius 3 is 2.80 bits per heavy atom. The van der Waals surface area contributed by atoms with E-state index in [1.807, 2.05) is 11.8 Å². The van der Waals surface area contributed by atoms with Crippen LogP contribution in [0.2, 0.25) is 0 Å². The Kier molecular flexibility index (Phi) is 5.31. The lowest BCUT2D eigenvalue weighted by atomic mass is 10.2. The number of hydrogen-bond donors (Lipinski definition) is 3. The maximum atomic E-state index is 8.83. The van der Waals surface area contributed by atoms with E-state index in [0.29, 0.717) is 25.1 Å². The molecule has 0 aromatic carbocycles. The van der Waals surface area contributed by atoms with Gasteiger partial charge in [0.2, 0.25) is 17.8 Å². The number of rotatable bonds is 6. The van der Waals surface area contributed by atoms with Crippen LogP contribution in [0.5, 0.6) is 0 Å². The van der Waals surface area contributed by atoms with Crippen LogP contribution in [-0.4, -0.2) is 59.0 Å². The van der Waals surface area contributed by atoms with Gasteiger partial charge < -0.3 is 25.8 Å². The van der Waals surface area contributed by atoms with Gasteiger partial charge in [-0.15, -0.1) is 0 Å². The van der Waals surface area contributed by atoms with Crippen molar-refractivity contribution in [1.29, 1.82) is 0 Å². The van der Waals surface area contributed by atoms with Crippen LogP contribution < -0.4 is 16.0 Å². The van der Waals surface area contributed by atoms with Gasteiger partial charge in [0.05, 0.1) is 13.2 Å². The molecule has 1 saturated heterocycles. The smallest absolute Gasteiger partial charge is 0.232 e. The fourth-order valence-corrected chi connectivity index (χ4v) is 2.04. The van der Waals surface area contributed by atoms with Crippen molar-refractivity contribution in [2.24, 2.45) is 0 Å². The molecular weight excluding hydrogens is 260 g/mol. The molecule has 20 heavy (non-hydrogen) atoms. The zero-order chi connectivity index (χ0) is 14.4. The summed E-state index contributed by atoms with van der Waals surface area (Å²) in [7, 11) is 0. The van der Waals surface area contributed by atoms with Crippen molar-refractivity contribution in [2.45, 2.75) is 25.8 Å². The standard InChI is InChI=1S/C12H22N6O2/c1-9(3-2-6-19)14-11-15-10(13)16-12(17-11)18-4-7-20-8-5-18/h9,19H,2-8H2,1H3,(H3,13,14,15,16,17). The van der Waals surface area contributed by atoms with Crippen LogP contribution in [0.25, 0.3) is 0 Å². The zero-order valence-corrected chi connectivity index (χ0v) is 11.7. The van der Waals surface area contributed by atoms with Gasteiger partial charge in [-0.3, -0.25) is 0 Å². The van der Waals surface area contributed by atoms with Crippen molar-refractivity contribution in [3.8, 4) is 0 Å². The summed E-state index contributed by atoms with van der Waals surface area (Å²) < 4.78 is 5.31. The van der Waals surface area contributed by atoms with Gasteiger partial charge in [0.1, 0.15) is 0 Å². The van der Waals surface area contributed by atoms with E-state index >= 15 is 0 Å². The normalized spacial score (nSPS) is 17.0. The molecule has 1 aliphatic rings. The Labute approximate surface area is 118 Å². The lowest BCUT2D eigenvalue weighted by Gasteiger charge is -2.27. The van der Waals surface area contributed by atoms with Crippen molar-refractivity contribution in [3.63, 3.8) is 0 Å². The number of nitrogens with zero attached hydrogens (tertiary/aromatic N) is 4. The Balaban J connectivity index is 2.03. The molecule has 0 aliphatic carbocycles. The molecule has 1 aromatic heterocycles. The highest BCUT2D eigenvalue weighted by Gasteiger charge is 2.16. The van der Waals surface area contributed by atoms with Crippen LogP contribution in [-0.2, 0) is 4.74 Å². The highest BCUT2D eigenvalue weighted by Crippen LogP contribution is 2.14. The zero-order valence-electron chi connectivity index (χ0n) is 11.7. The number of aromatic nitrogens is 3. The quantitative estimate of drug-likeness (QED) is 0.661. The van der Waals surface area contributed by atoms with Gasteiger partial charge in [0.15, 0.2) is 0 Å². The molecule has 1 unspecified atom stereocenters. The van der Waals surface area contributed by atoms with E-state index in [9.17, 15) is 0 Å². The first-order valence-electron chi connectivity index (χ1n) is 6.90. The maximum absolute atomic E-state index is 8.83. The largest absolute Gasteiger partial charge is 0.396 e. The molecule has 1 fully saturated rings. The summed E-state index contributed by atoms with van der Waals surface area (Å²) in [6, 6.07) is 0.168. The summed E-state index contributed by atoms with van der Waals surface area (Å²) in [5.74, 6) is 1.26. The van der Waals surface area contributed by atoms with Crippen molar-refractivity contribution >= 4 is 17.8 Å². The molecule has 1 atom stereocenters. The molecule has 8 heteroatoms. The van der Waals surface area contributed by atoms with Gasteiger partial charge in [0.25, 0.3) is 0 Å². The van der Waals surface area contributed by atoms with E-state index in [2.05, 4.69) is 20.3 Å². The van der Waals surface area contributed by atoms with Crippen LogP contribution in [0.4, 0.5) is 17.8 Å². The maximum Gasteiger partial charge on any atom is 0.232 e. The van der Waals surface area contributed by atoms with Gasteiger partial charge in [-0.1, -0.05) is 0 Å². The van der Waals surface area contributed by atoms with Crippen molar-refractivity contribution in [2.75, 3.05) is 48.9 Å². The highest BCUT2D eigenvalue weighted by atomic mass is 16.5. The molecular formula is C12H22N6O2. The number of morpholine rings is 1. The van der Waals surface area contributed by atoms with E-state index in [0.717, 1.165) is 25.9 Å². The molecule has 112 valence electrons. The first-order chi connectivity index (χ1) is 9.69. The molecule has 2 heterocycles.